The van der Waals surface area contributed by atoms with E-state index < -0.39 is 12.6 Å². The molecule has 9 nitrogen and oxygen atoms in total. The lowest BCUT2D eigenvalue weighted by Gasteiger charge is -2.32. The molecule has 0 aliphatic carbocycles. The molecular formula is C24H27N3O6S. The number of carboxylic acids is 1. The second kappa shape index (κ2) is 10.4. The summed E-state index contributed by atoms with van der Waals surface area (Å²) < 4.78 is 6.18. The van der Waals surface area contributed by atoms with Crippen molar-refractivity contribution in [3.63, 3.8) is 0 Å². The number of aliphatic hydroxyl groups is 1. The summed E-state index contributed by atoms with van der Waals surface area (Å²) in [5.41, 5.74) is 2.33. The largest absolute Gasteiger partial charge is 0.482 e. The van der Waals surface area contributed by atoms with Gasteiger partial charge in [-0.3, -0.25) is 14.5 Å². The quantitative estimate of drug-likeness (QED) is 0.423. The number of benzene rings is 2. The second-order valence-electron chi connectivity index (χ2n) is 8.50. The number of aliphatic hydroxyl groups excluding tert-OH is 1. The smallest absolute Gasteiger partial charge is 0.341 e. The van der Waals surface area contributed by atoms with E-state index in [4.69, 9.17) is 9.84 Å². The van der Waals surface area contributed by atoms with Crippen LogP contribution in [0.15, 0.2) is 47.3 Å². The Bertz CT molecular complexity index is 1240. The van der Waals surface area contributed by atoms with Gasteiger partial charge in [0, 0.05) is 26.7 Å². The van der Waals surface area contributed by atoms with Crippen molar-refractivity contribution in [2.24, 2.45) is 0 Å². The van der Waals surface area contributed by atoms with E-state index in [0.717, 1.165) is 33.7 Å². The van der Waals surface area contributed by atoms with Crippen molar-refractivity contribution in [1.29, 1.82) is 0 Å². The third kappa shape index (κ3) is 5.82. The number of hydrogen-bond acceptors (Lipinski definition) is 7. The van der Waals surface area contributed by atoms with Gasteiger partial charge in [0.25, 0.3) is 0 Å². The molecule has 0 saturated carbocycles. The van der Waals surface area contributed by atoms with Gasteiger partial charge in [-0.25, -0.2) is 4.79 Å². The van der Waals surface area contributed by atoms with E-state index in [0.29, 0.717) is 30.8 Å². The third-order valence-electron chi connectivity index (χ3n) is 5.98. The van der Waals surface area contributed by atoms with E-state index in [9.17, 15) is 19.5 Å². The number of aromatic nitrogens is 1. The lowest BCUT2D eigenvalue weighted by Crippen LogP contribution is -2.39. The highest BCUT2D eigenvalue weighted by molar-refractivity contribution is 7.16. The Morgan fingerprint density at radius 1 is 1.29 bits per heavy atom. The van der Waals surface area contributed by atoms with Crippen molar-refractivity contribution < 1.29 is 24.5 Å². The molecule has 1 fully saturated rings. The molecule has 2 aromatic carbocycles. The Morgan fingerprint density at radius 2 is 2.12 bits per heavy atom. The summed E-state index contributed by atoms with van der Waals surface area (Å²) >= 11 is 1.13. The Morgan fingerprint density at radius 3 is 2.85 bits per heavy atom. The van der Waals surface area contributed by atoms with Crippen molar-refractivity contribution in [3.8, 4) is 5.75 Å². The molecule has 0 bridgehead atoms. The molecule has 0 spiro atoms. The maximum atomic E-state index is 13.3. The first-order valence-electron chi connectivity index (χ1n) is 11.0. The first-order valence-corrected chi connectivity index (χ1v) is 11.8. The molecular weight excluding hydrogens is 458 g/mol. The molecule has 1 amide bonds. The van der Waals surface area contributed by atoms with Crippen molar-refractivity contribution >= 4 is 33.4 Å². The summed E-state index contributed by atoms with van der Waals surface area (Å²) in [6.45, 7) is 1.35. The van der Waals surface area contributed by atoms with Crippen LogP contribution in [0.25, 0.3) is 10.2 Å². The maximum Gasteiger partial charge on any atom is 0.341 e. The van der Waals surface area contributed by atoms with Crippen molar-refractivity contribution in [2.75, 3.05) is 33.3 Å². The van der Waals surface area contributed by atoms with Crippen LogP contribution >= 0.6 is 11.3 Å². The fourth-order valence-electron chi connectivity index (χ4n) is 4.21. The van der Waals surface area contributed by atoms with Crippen LogP contribution in [0.5, 0.6) is 5.75 Å². The molecule has 3 N–H and O–H groups in total. The number of hydrogen-bond donors (Lipinski definition) is 3. The van der Waals surface area contributed by atoms with Gasteiger partial charge in [-0.1, -0.05) is 29.5 Å². The number of ether oxygens (including phenoxy) is 1. The highest BCUT2D eigenvalue weighted by Gasteiger charge is 2.28. The fourth-order valence-corrected chi connectivity index (χ4v) is 4.93. The molecule has 1 aliphatic rings. The number of amides is 1. The Labute approximate surface area is 200 Å². The number of H-pyrrole nitrogens is 1. The lowest BCUT2D eigenvalue weighted by molar-refractivity contribution is -0.139. The molecule has 34 heavy (non-hydrogen) atoms. The summed E-state index contributed by atoms with van der Waals surface area (Å²) in [6, 6.07) is 12.3. The van der Waals surface area contributed by atoms with Crippen LogP contribution in [0.2, 0.25) is 0 Å². The topological polar surface area (TPSA) is 123 Å². The zero-order valence-corrected chi connectivity index (χ0v) is 19.6. The molecule has 0 radical (unpaired) electrons. The first-order chi connectivity index (χ1) is 16.3. The average Bonchev–Trinajstić information content (AvgIpc) is 3.39. The normalized spacial score (nSPS) is 17.1. The number of aromatic amines is 1. The van der Waals surface area contributed by atoms with E-state index in [-0.39, 0.29) is 29.3 Å². The fraction of sp³-hybridized carbons (Fsp3) is 0.375. The summed E-state index contributed by atoms with van der Waals surface area (Å²) in [5.74, 6) is -0.748. The minimum Gasteiger partial charge on any atom is -0.482 e. The number of carbonyl (C=O) groups is 2. The number of likely N-dealkylation sites (tertiary alicyclic amines) is 1. The number of likely N-dealkylation sites (N-methyl/N-ethyl adjacent to an activating group) is 1. The number of thiazole rings is 1. The van der Waals surface area contributed by atoms with Crippen molar-refractivity contribution in [3.05, 3.63) is 63.3 Å². The zero-order chi connectivity index (χ0) is 24.2. The van der Waals surface area contributed by atoms with E-state index in [1.807, 2.05) is 24.3 Å². The highest BCUT2D eigenvalue weighted by Crippen LogP contribution is 2.27. The number of nitrogens with zero attached hydrogens (tertiary/aromatic N) is 2. The van der Waals surface area contributed by atoms with Gasteiger partial charge in [-0.15, -0.1) is 0 Å². The number of aliphatic carboxylic acids is 1. The van der Waals surface area contributed by atoms with Crippen molar-refractivity contribution in [1.82, 2.24) is 14.8 Å². The van der Waals surface area contributed by atoms with Gasteiger partial charge in [0.15, 0.2) is 6.61 Å². The summed E-state index contributed by atoms with van der Waals surface area (Å²) in [5, 5.41) is 18.9. The van der Waals surface area contributed by atoms with Crippen LogP contribution in [0.1, 0.15) is 23.6 Å². The maximum absolute atomic E-state index is 13.3. The number of carbonyl (C=O) groups excluding carboxylic acids is 1. The van der Waals surface area contributed by atoms with Crippen LogP contribution in [-0.4, -0.2) is 76.3 Å². The Balaban J connectivity index is 1.55. The molecule has 2 heterocycles. The van der Waals surface area contributed by atoms with Crippen LogP contribution in [0.3, 0.4) is 0 Å². The molecule has 1 aromatic heterocycles. The molecule has 1 aliphatic heterocycles. The van der Waals surface area contributed by atoms with E-state index in [1.54, 1.807) is 30.1 Å². The Kier molecular flexibility index (Phi) is 7.30. The number of nitrogens with one attached hydrogen (secondary N) is 1. The van der Waals surface area contributed by atoms with E-state index >= 15 is 0 Å². The van der Waals surface area contributed by atoms with Gasteiger partial charge < -0.3 is 24.8 Å². The first kappa shape index (κ1) is 23.9. The zero-order valence-electron chi connectivity index (χ0n) is 18.8. The molecule has 2 atom stereocenters. The lowest BCUT2D eigenvalue weighted by atomic mass is 10.0. The van der Waals surface area contributed by atoms with Gasteiger partial charge in [-0.2, -0.15) is 0 Å². The summed E-state index contributed by atoms with van der Waals surface area (Å²) in [7, 11) is 1.75. The molecule has 180 valence electrons. The van der Waals surface area contributed by atoms with Gasteiger partial charge in [0.05, 0.1) is 28.8 Å². The van der Waals surface area contributed by atoms with Crippen LogP contribution < -0.4 is 9.61 Å². The second-order valence-corrected chi connectivity index (χ2v) is 9.51. The van der Waals surface area contributed by atoms with Gasteiger partial charge in [0.2, 0.25) is 5.91 Å². The minimum atomic E-state index is -1.07. The van der Waals surface area contributed by atoms with Gasteiger partial charge >= 0.3 is 10.8 Å². The third-order valence-corrected chi connectivity index (χ3v) is 6.85. The average molecular weight is 486 g/mol. The predicted octanol–water partition coefficient (Wildman–Crippen LogP) is 1.86. The standard InChI is InChI=1S/C24H27N3O6S/c1-26(22(29)10-15-5-6-21-19(9-15)25-24(32)34-21)20(13-27-8-7-17(28)12-27)16-3-2-4-18(11-16)33-14-23(30)31/h2-6,9,11,17,20,28H,7-8,10,12-14H2,1H3,(H,25,32)(H,30,31)/t17-,20+/m0/s1. The summed E-state index contributed by atoms with van der Waals surface area (Å²) in [4.78, 5) is 42.2. The SMILES string of the molecule is CN(C(=O)Cc1ccc2sc(=O)[nH]c2c1)[C@H](CN1CC[C@H](O)C1)c1cccc(OCC(=O)O)c1. The summed E-state index contributed by atoms with van der Waals surface area (Å²) in [6.07, 6.45) is 0.468. The van der Waals surface area contributed by atoms with Crippen LogP contribution in [-0.2, 0) is 16.0 Å². The van der Waals surface area contributed by atoms with Gasteiger partial charge in [0.1, 0.15) is 5.75 Å². The Hall–Kier alpha value is -3.21. The number of carboxylic acid groups (broad SMARTS) is 1. The highest BCUT2D eigenvalue weighted by atomic mass is 32.1. The van der Waals surface area contributed by atoms with Crippen LogP contribution in [0, 0.1) is 0 Å². The molecule has 4 rings (SSSR count). The number of fused-ring (bicyclic) bond motifs is 1. The molecule has 1 saturated heterocycles. The number of rotatable bonds is 9. The molecule has 3 aromatic rings. The molecule has 10 heteroatoms. The van der Waals surface area contributed by atoms with E-state index in [1.165, 1.54) is 0 Å². The minimum absolute atomic E-state index is 0.0986. The number of β-amino-alcohol motifs (C(OH)–C–C–N with tert-alkyl or cyclic N) is 1. The van der Waals surface area contributed by atoms with Gasteiger partial charge in [-0.05, 0) is 41.8 Å². The predicted molar refractivity (Wildman–Crippen MR) is 128 cm³/mol. The van der Waals surface area contributed by atoms with E-state index in [2.05, 4.69) is 9.88 Å². The van der Waals surface area contributed by atoms with Crippen LogP contribution in [0.4, 0.5) is 0 Å². The molecule has 0 unspecified atom stereocenters. The van der Waals surface area contributed by atoms with Crippen molar-refractivity contribution in [2.45, 2.75) is 25.0 Å². The monoisotopic (exact) mass is 485 g/mol.